The largest absolute Gasteiger partial charge is 0.497 e. The van der Waals surface area contributed by atoms with Crippen LogP contribution >= 0.6 is 12.2 Å². The van der Waals surface area contributed by atoms with Gasteiger partial charge in [-0.15, -0.1) is 0 Å². The van der Waals surface area contributed by atoms with Crippen LogP contribution in [0.15, 0.2) is 66.7 Å². The van der Waals surface area contributed by atoms with Crippen molar-refractivity contribution >= 4 is 40.5 Å². The average Bonchev–Trinajstić information content (AvgIpc) is 3.23. The molecule has 4 rings (SSSR count). The third-order valence-corrected chi connectivity index (χ3v) is 7.15. The van der Waals surface area contributed by atoms with E-state index in [1.807, 2.05) is 42.2 Å². The summed E-state index contributed by atoms with van der Waals surface area (Å²) in [7, 11) is 4.75. The molecular weight excluding hydrogens is 542 g/mol. The summed E-state index contributed by atoms with van der Waals surface area (Å²) in [4.78, 5) is 30.2. The van der Waals surface area contributed by atoms with Gasteiger partial charge in [0.05, 0.1) is 40.0 Å². The van der Waals surface area contributed by atoms with E-state index in [1.165, 1.54) is 4.90 Å². The van der Waals surface area contributed by atoms with Crippen LogP contribution in [0.5, 0.6) is 23.0 Å². The number of nitrogens with zero attached hydrogens (tertiary/aromatic N) is 2. The van der Waals surface area contributed by atoms with Gasteiger partial charge < -0.3 is 29.2 Å². The van der Waals surface area contributed by atoms with Crippen molar-refractivity contribution in [1.29, 1.82) is 0 Å². The summed E-state index contributed by atoms with van der Waals surface area (Å²) in [6, 6.07) is 19.2. The zero-order valence-corrected chi connectivity index (χ0v) is 24.5. The van der Waals surface area contributed by atoms with E-state index in [1.54, 1.807) is 57.7 Å². The molecule has 10 heteroatoms. The standard InChI is InChI=1S/C31H35N3O6S/c1-5-18-40-25-11-7-22(8-12-25)32-29(35)20-26-30(36)34(23-9-13-24(37-2)14-10-23)31(41)33(26)17-16-21-6-15-27(38-3)28(19-21)39-4/h6-15,19,26H,5,16-18,20H2,1-4H3,(H,32,35)/t26-/m1/s1. The second kappa shape index (κ2) is 13.8. The van der Waals surface area contributed by atoms with Gasteiger partial charge in [0.1, 0.15) is 17.5 Å². The van der Waals surface area contributed by atoms with Crippen LogP contribution < -0.4 is 29.2 Å². The van der Waals surface area contributed by atoms with Crippen LogP contribution in [0.25, 0.3) is 0 Å². The maximum Gasteiger partial charge on any atom is 0.256 e. The van der Waals surface area contributed by atoms with E-state index in [0.29, 0.717) is 53.3 Å². The molecule has 1 heterocycles. The lowest BCUT2D eigenvalue weighted by Gasteiger charge is -2.24. The summed E-state index contributed by atoms with van der Waals surface area (Å²) in [5.74, 6) is 2.10. The quantitative estimate of drug-likeness (QED) is 0.282. The zero-order chi connectivity index (χ0) is 29.4. The van der Waals surface area contributed by atoms with Crippen LogP contribution in [0.4, 0.5) is 11.4 Å². The van der Waals surface area contributed by atoms with Gasteiger partial charge in [0.25, 0.3) is 5.91 Å². The van der Waals surface area contributed by atoms with Crippen LogP contribution in [0.2, 0.25) is 0 Å². The van der Waals surface area contributed by atoms with Gasteiger partial charge in [-0.2, -0.15) is 0 Å². The van der Waals surface area contributed by atoms with E-state index in [4.69, 9.17) is 31.2 Å². The molecule has 0 aromatic heterocycles. The van der Waals surface area contributed by atoms with Crippen molar-refractivity contribution in [2.75, 3.05) is 44.7 Å². The fraction of sp³-hybridized carbons (Fsp3) is 0.323. The number of carbonyl (C=O) groups is 2. The van der Waals surface area contributed by atoms with Crippen LogP contribution in [0.3, 0.4) is 0 Å². The topological polar surface area (TPSA) is 89.6 Å². The Morgan fingerprint density at radius 1 is 0.902 bits per heavy atom. The Morgan fingerprint density at radius 2 is 1.59 bits per heavy atom. The number of hydrogen-bond acceptors (Lipinski definition) is 7. The lowest BCUT2D eigenvalue weighted by Crippen LogP contribution is -2.39. The predicted octanol–water partition coefficient (Wildman–Crippen LogP) is 5.07. The van der Waals surface area contributed by atoms with E-state index >= 15 is 0 Å². The number of ether oxygens (including phenoxy) is 4. The number of hydrogen-bond donors (Lipinski definition) is 1. The molecule has 1 aliphatic heterocycles. The van der Waals surface area contributed by atoms with Crippen molar-refractivity contribution in [3.8, 4) is 23.0 Å². The molecule has 0 radical (unpaired) electrons. The lowest BCUT2D eigenvalue weighted by atomic mass is 10.1. The van der Waals surface area contributed by atoms with Crippen molar-refractivity contribution in [3.05, 3.63) is 72.3 Å². The second-order valence-corrected chi connectivity index (χ2v) is 9.79. The number of amides is 2. The van der Waals surface area contributed by atoms with Crippen LogP contribution in [0.1, 0.15) is 25.3 Å². The van der Waals surface area contributed by atoms with Crippen molar-refractivity contribution in [1.82, 2.24) is 4.90 Å². The maximum absolute atomic E-state index is 13.7. The monoisotopic (exact) mass is 577 g/mol. The van der Waals surface area contributed by atoms with Gasteiger partial charge in [0.2, 0.25) is 5.91 Å². The van der Waals surface area contributed by atoms with E-state index in [9.17, 15) is 9.59 Å². The molecule has 9 nitrogen and oxygen atoms in total. The van der Waals surface area contributed by atoms with Gasteiger partial charge in [-0.05, 0) is 91.3 Å². The molecular formula is C31H35N3O6S. The Kier molecular flexibility index (Phi) is 10.0. The van der Waals surface area contributed by atoms with Gasteiger partial charge in [0, 0.05) is 12.2 Å². The molecule has 0 aliphatic carbocycles. The highest BCUT2D eigenvalue weighted by molar-refractivity contribution is 7.80. The fourth-order valence-corrected chi connectivity index (χ4v) is 5.00. The van der Waals surface area contributed by atoms with E-state index in [-0.39, 0.29) is 18.2 Å². The lowest BCUT2D eigenvalue weighted by molar-refractivity contribution is -0.124. The van der Waals surface area contributed by atoms with Gasteiger partial charge in [0.15, 0.2) is 16.6 Å². The summed E-state index contributed by atoms with van der Waals surface area (Å²) in [5, 5.41) is 3.24. The smallest absolute Gasteiger partial charge is 0.256 e. The molecule has 1 atom stereocenters. The molecule has 216 valence electrons. The predicted molar refractivity (Wildman–Crippen MR) is 162 cm³/mol. The Bertz CT molecular complexity index is 1360. The summed E-state index contributed by atoms with van der Waals surface area (Å²) >= 11 is 5.80. The molecule has 1 fully saturated rings. The van der Waals surface area contributed by atoms with Crippen molar-refractivity contribution in [2.45, 2.75) is 32.2 Å². The maximum atomic E-state index is 13.7. The number of thiocarbonyl (C=S) groups is 1. The molecule has 0 spiro atoms. The highest BCUT2D eigenvalue weighted by Crippen LogP contribution is 2.31. The first-order valence-electron chi connectivity index (χ1n) is 13.4. The summed E-state index contributed by atoms with van der Waals surface area (Å²) in [5.41, 5.74) is 2.22. The molecule has 1 N–H and O–H groups in total. The number of nitrogens with one attached hydrogen (secondary N) is 1. The normalized spacial score (nSPS) is 14.7. The Balaban J connectivity index is 1.53. The number of benzene rings is 3. The zero-order valence-electron chi connectivity index (χ0n) is 23.7. The molecule has 1 aliphatic rings. The summed E-state index contributed by atoms with van der Waals surface area (Å²) < 4.78 is 21.7. The van der Waals surface area contributed by atoms with Gasteiger partial charge in [-0.3, -0.25) is 14.5 Å². The minimum atomic E-state index is -0.767. The number of rotatable bonds is 13. The van der Waals surface area contributed by atoms with Crippen LogP contribution in [-0.2, 0) is 16.0 Å². The fourth-order valence-electron chi connectivity index (χ4n) is 4.58. The van der Waals surface area contributed by atoms with E-state index < -0.39 is 6.04 Å². The van der Waals surface area contributed by atoms with Crippen LogP contribution in [-0.4, -0.2) is 62.3 Å². The second-order valence-electron chi connectivity index (χ2n) is 9.43. The SMILES string of the molecule is CCCOc1ccc(NC(=O)C[C@@H]2C(=O)N(c3ccc(OC)cc3)C(=S)N2CCc2ccc(OC)c(OC)c2)cc1. The Labute approximate surface area is 245 Å². The molecule has 1 saturated heterocycles. The Morgan fingerprint density at radius 3 is 2.22 bits per heavy atom. The molecule has 41 heavy (non-hydrogen) atoms. The van der Waals surface area contributed by atoms with Crippen LogP contribution in [0, 0.1) is 0 Å². The minimum absolute atomic E-state index is 0.0638. The average molecular weight is 578 g/mol. The number of anilines is 2. The van der Waals surface area contributed by atoms with Crippen molar-refractivity contribution in [3.63, 3.8) is 0 Å². The molecule has 3 aromatic rings. The highest BCUT2D eigenvalue weighted by atomic mass is 32.1. The number of carbonyl (C=O) groups excluding carboxylic acids is 2. The van der Waals surface area contributed by atoms with Gasteiger partial charge in [-0.25, -0.2) is 0 Å². The Hall–Kier alpha value is -4.31. The number of methoxy groups -OCH3 is 3. The summed E-state index contributed by atoms with van der Waals surface area (Å²) in [6.45, 7) is 3.09. The van der Waals surface area contributed by atoms with Gasteiger partial charge in [-0.1, -0.05) is 13.0 Å². The summed E-state index contributed by atoms with van der Waals surface area (Å²) in [6.07, 6.45) is 1.42. The molecule has 0 unspecified atom stereocenters. The first-order chi connectivity index (χ1) is 19.9. The highest BCUT2D eigenvalue weighted by Gasteiger charge is 2.44. The first kappa shape index (κ1) is 29.7. The van der Waals surface area contributed by atoms with Crippen molar-refractivity contribution < 1.29 is 28.5 Å². The minimum Gasteiger partial charge on any atom is -0.497 e. The molecule has 2 amide bonds. The third-order valence-electron chi connectivity index (χ3n) is 6.73. The molecule has 0 bridgehead atoms. The first-order valence-corrected chi connectivity index (χ1v) is 13.8. The molecule has 3 aromatic carbocycles. The van der Waals surface area contributed by atoms with Crippen molar-refractivity contribution in [2.24, 2.45) is 0 Å². The van der Waals surface area contributed by atoms with E-state index in [2.05, 4.69) is 5.32 Å². The van der Waals surface area contributed by atoms with E-state index in [0.717, 1.165) is 17.7 Å². The van der Waals surface area contributed by atoms with Gasteiger partial charge >= 0.3 is 0 Å². The molecule has 0 saturated carbocycles. The third kappa shape index (κ3) is 7.07.